The zero-order chi connectivity index (χ0) is 13.9. The SMILES string of the molecule is COc1cc(O)cc(OC)c1[C@@H](N)C(F)(F)CO.Cl. The summed E-state index contributed by atoms with van der Waals surface area (Å²) >= 11 is 0. The summed E-state index contributed by atoms with van der Waals surface area (Å²) in [6.07, 6.45) is 0. The van der Waals surface area contributed by atoms with Gasteiger partial charge in [0, 0.05) is 12.1 Å². The summed E-state index contributed by atoms with van der Waals surface area (Å²) < 4.78 is 36.6. The van der Waals surface area contributed by atoms with E-state index >= 15 is 0 Å². The van der Waals surface area contributed by atoms with Gasteiger partial charge in [-0.15, -0.1) is 12.4 Å². The Kier molecular flexibility index (Phi) is 6.28. The lowest BCUT2D eigenvalue weighted by Crippen LogP contribution is -2.36. The van der Waals surface area contributed by atoms with Crippen LogP contribution in [0.3, 0.4) is 0 Å². The maximum Gasteiger partial charge on any atom is 0.289 e. The van der Waals surface area contributed by atoms with Crippen LogP contribution in [0.25, 0.3) is 0 Å². The Balaban J connectivity index is 0.00000324. The molecular formula is C11H16ClF2NO4. The van der Waals surface area contributed by atoms with Crippen molar-refractivity contribution in [3.63, 3.8) is 0 Å². The molecule has 0 fully saturated rings. The van der Waals surface area contributed by atoms with Gasteiger partial charge in [0.1, 0.15) is 29.9 Å². The van der Waals surface area contributed by atoms with E-state index in [1.165, 1.54) is 14.2 Å². The van der Waals surface area contributed by atoms with Gasteiger partial charge in [0.05, 0.1) is 19.8 Å². The molecule has 0 unspecified atom stereocenters. The summed E-state index contributed by atoms with van der Waals surface area (Å²) in [5, 5.41) is 18.0. The van der Waals surface area contributed by atoms with Crippen LogP contribution in [0.1, 0.15) is 11.6 Å². The Morgan fingerprint density at radius 2 is 1.68 bits per heavy atom. The van der Waals surface area contributed by atoms with Crippen molar-refractivity contribution in [1.29, 1.82) is 0 Å². The number of aliphatic hydroxyl groups is 1. The molecule has 5 nitrogen and oxygen atoms in total. The summed E-state index contributed by atoms with van der Waals surface area (Å²) in [6, 6.07) is 0.476. The van der Waals surface area contributed by atoms with Gasteiger partial charge < -0.3 is 25.4 Å². The summed E-state index contributed by atoms with van der Waals surface area (Å²) in [4.78, 5) is 0. The van der Waals surface area contributed by atoms with Crippen LogP contribution in [0.5, 0.6) is 17.2 Å². The number of ether oxygens (including phenoxy) is 2. The van der Waals surface area contributed by atoms with E-state index in [1.54, 1.807) is 0 Å². The number of methoxy groups -OCH3 is 2. The third-order valence-electron chi connectivity index (χ3n) is 2.51. The van der Waals surface area contributed by atoms with Gasteiger partial charge in [-0.3, -0.25) is 0 Å². The first kappa shape index (κ1) is 17.7. The molecule has 8 heteroatoms. The lowest BCUT2D eigenvalue weighted by Gasteiger charge is -2.25. The summed E-state index contributed by atoms with van der Waals surface area (Å²) in [6.45, 7) is -1.40. The van der Waals surface area contributed by atoms with Crippen LogP contribution < -0.4 is 15.2 Å². The van der Waals surface area contributed by atoms with Gasteiger partial charge in [0.15, 0.2) is 0 Å². The first-order chi connectivity index (χ1) is 8.37. The number of hydrogen-bond acceptors (Lipinski definition) is 5. The lowest BCUT2D eigenvalue weighted by molar-refractivity contribution is -0.0719. The van der Waals surface area contributed by atoms with Crippen molar-refractivity contribution in [2.75, 3.05) is 20.8 Å². The van der Waals surface area contributed by atoms with Gasteiger partial charge in [-0.1, -0.05) is 0 Å². The first-order valence-electron chi connectivity index (χ1n) is 5.06. The fourth-order valence-corrected chi connectivity index (χ4v) is 1.54. The van der Waals surface area contributed by atoms with Crippen LogP contribution in [0.2, 0.25) is 0 Å². The fraction of sp³-hybridized carbons (Fsp3) is 0.455. The monoisotopic (exact) mass is 299 g/mol. The second kappa shape index (κ2) is 6.74. The molecule has 4 N–H and O–H groups in total. The molecule has 0 aliphatic rings. The minimum Gasteiger partial charge on any atom is -0.508 e. The lowest BCUT2D eigenvalue weighted by atomic mass is 9.99. The number of halogens is 3. The highest BCUT2D eigenvalue weighted by molar-refractivity contribution is 5.85. The van der Waals surface area contributed by atoms with Crippen LogP contribution in [-0.4, -0.2) is 37.0 Å². The molecule has 19 heavy (non-hydrogen) atoms. The minimum atomic E-state index is -3.53. The number of aliphatic hydroxyl groups excluding tert-OH is 1. The van der Waals surface area contributed by atoms with Crippen LogP contribution >= 0.6 is 12.4 Å². The molecule has 0 saturated heterocycles. The quantitative estimate of drug-likeness (QED) is 0.766. The van der Waals surface area contributed by atoms with Crippen molar-refractivity contribution in [1.82, 2.24) is 0 Å². The maximum atomic E-state index is 13.4. The van der Waals surface area contributed by atoms with E-state index in [0.29, 0.717) is 0 Å². The van der Waals surface area contributed by atoms with Gasteiger partial charge >= 0.3 is 0 Å². The van der Waals surface area contributed by atoms with E-state index in [0.717, 1.165) is 12.1 Å². The number of phenolic OH excluding ortho intramolecular Hbond substituents is 1. The number of alkyl halides is 2. The molecule has 110 valence electrons. The van der Waals surface area contributed by atoms with E-state index in [4.69, 9.17) is 20.3 Å². The summed E-state index contributed by atoms with van der Waals surface area (Å²) in [5.74, 6) is -3.80. The van der Waals surface area contributed by atoms with E-state index in [1.807, 2.05) is 0 Å². The van der Waals surface area contributed by atoms with E-state index < -0.39 is 18.6 Å². The van der Waals surface area contributed by atoms with Gasteiger partial charge in [-0.05, 0) is 0 Å². The Morgan fingerprint density at radius 3 is 2.00 bits per heavy atom. The number of hydrogen-bond donors (Lipinski definition) is 3. The number of phenols is 1. The van der Waals surface area contributed by atoms with Crippen molar-refractivity contribution < 1.29 is 28.5 Å². The minimum absolute atomic E-state index is 0. The number of rotatable bonds is 5. The second-order valence-electron chi connectivity index (χ2n) is 3.66. The van der Waals surface area contributed by atoms with Gasteiger partial charge in [-0.25, -0.2) is 8.78 Å². The topological polar surface area (TPSA) is 84.9 Å². The standard InChI is InChI=1S/C11H15F2NO4.ClH/c1-17-7-3-6(16)4-8(18-2)9(7)10(14)11(12,13)5-15;/h3-4,10,15-16H,5,14H2,1-2H3;1H/t10-;/m1./s1. The van der Waals surface area contributed by atoms with Crippen LogP contribution in [0.15, 0.2) is 12.1 Å². The van der Waals surface area contributed by atoms with Crippen molar-refractivity contribution in [2.45, 2.75) is 12.0 Å². The predicted molar refractivity (Wildman–Crippen MR) is 67.4 cm³/mol. The molecule has 0 saturated carbocycles. The molecule has 1 rings (SSSR count). The molecule has 0 spiro atoms. The summed E-state index contributed by atoms with van der Waals surface area (Å²) in [7, 11) is 2.50. The molecule has 1 aromatic carbocycles. The molecule has 1 aromatic rings. The van der Waals surface area contributed by atoms with Crippen LogP contribution in [0.4, 0.5) is 8.78 Å². The Morgan fingerprint density at radius 1 is 1.26 bits per heavy atom. The van der Waals surface area contributed by atoms with Crippen molar-refractivity contribution in [2.24, 2.45) is 5.73 Å². The maximum absolute atomic E-state index is 13.4. The molecule has 0 aromatic heterocycles. The number of benzene rings is 1. The Hall–Kier alpha value is -1.31. The molecule has 0 bridgehead atoms. The normalized spacial score (nSPS) is 12.5. The zero-order valence-electron chi connectivity index (χ0n) is 10.4. The fourth-order valence-electron chi connectivity index (χ4n) is 1.54. The molecule has 0 amide bonds. The highest BCUT2D eigenvalue weighted by atomic mass is 35.5. The van der Waals surface area contributed by atoms with Crippen LogP contribution in [-0.2, 0) is 0 Å². The molecular weight excluding hydrogens is 284 g/mol. The molecule has 0 radical (unpaired) electrons. The molecule has 0 aliphatic heterocycles. The molecule has 1 atom stereocenters. The van der Waals surface area contributed by atoms with Gasteiger partial charge in [0.25, 0.3) is 5.92 Å². The third-order valence-corrected chi connectivity index (χ3v) is 2.51. The third kappa shape index (κ3) is 3.59. The predicted octanol–water partition coefficient (Wildman–Crippen LogP) is 1.46. The largest absolute Gasteiger partial charge is 0.508 e. The second-order valence-corrected chi connectivity index (χ2v) is 3.66. The van der Waals surface area contributed by atoms with Crippen molar-refractivity contribution in [3.05, 3.63) is 17.7 Å². The smallest absolute Gasteiger partial charge is 0.289 e. The number of aromatic hydroxyl groups is 1. The highest BCUT2D eigenvalue weighted by Crippen LogP contribution is 2.42. The molecule has 0 aliphatic carbocycles. The van der Waals surface area contributed by atoms with E-state index in [-0.39, 0.29) is 35.2 Å². The van der Waals surface area contributed by atoms with Crippen molar-refractivity contribution >= 4 is 12.4 Å². The van der Waals surface area contributed by atoms with E-state index in [2.05, 4.69) is 0 Å². The van der Waals surface area contributed by atoms with Gasteiger partial charge in [0.2, 0.25) is 0 Å². The van der Waals surface area contributed by atoms with Gasteiger partial charge in [-0.2, -0.15) is 0 Å². The first-order valence-corrected chi connectivity index (χ1v) is 5.06. The van der Waals surface area contributed by atoms with Crippen LogP contribution in [0, 0.1) is 0 Å². The Bertz CT molecular complexity index is 406. The zero-order valence-corrected chi connectivity index (χ0v) is 11.2. The summed E-state index contributed by atoms with van der Waals surface area (Å²) in [5.41, 5.74) is 5.32. The highest BCUT2D eigenvalue weighted by Gasteiger charge is 2.40. The molecule has 0 heterocycles. The Labute approximate surface area is 115 Å². The average Bonchev–Trinajstić information content (AvgIpc) is 2.36. The van der Waals surface area contributed by atoms with Crippen molar-refractivity contribution in [3.8, 4) is 17.2 Å². The number of nitrogens with two attached hydrogens (primary N) is 1. The average molecular weight is 300 g/mol. The van der Waals surface area contributed by atoms with E-state index in [9.17, 15) is 13.9 Å².